The Morgan fingerprint density at radius 3 is 2.90 bits per heavy atom. The van der Waals surface area contributed by atoms with Gasteiger partial charge >= 0.3 is 0 Å². The maximum Gasteiger partial charge on any atom is 0.243 e. The molecule has 1 atom stereocenters. The van der Waals surface area contributed by atoms with E-state index >= 15 is 0 Å². The van der Waals surface area contributed by atoms with Gasteiger partial charge in [-0.05, 0) is 29.3 Å². The van der Waals surface area contributed by atoms with Crippen molar-refractivity contribution >= 4 is 11.6 Å². The Kier molecular flexibility index (Phi) is 3.37. The number of carbonyl (C=O) groups excluding carboxylic acids is 1. The van der Waals surface area contributed by atoms with E-state index in [9.17, 15) is 9.18 Å². The van der Waals surface area contributed by atoms with Gasteiger partial charge in [-0.3, -0.25) is 4.79 Å². The lowest BCUT2D eigenvalue weighted by atomic mass is 10.1. The highest BCUT2D eigenvalue weighted by molar-refractivity contribution is 5.87. The third-order valence-corrected chi connectivity index (χ3v) is 3.44. The molecule has 3 rings (SSSR count). The minimum absolute atomic E-state index is 0.0644. The maximum atomic E-state index is 13.0. The molecule has 0 aliphatic carbocycles. The van der Waals surface area contributed by atoms with Crippen LogP contribution in [0.2, 0.25) is 0 Å². The van der Waals surface area contributed by atoms with E-state index in [1.807, 2.05) is 24.3 Å². The van der Waals surface area contributed by atoms with E-state index in [1.165, 1.54) is 12.1 Å². The van der Waals surface area contributed by atoms with E-state index in [0.29, 0.717) is 13.0 Å². The molecule has 3 nitrogen and oxygen atoms in total. The summed E-state index contributed by atoms with van der Waals surface area (Å²) in [6.45, 7) is 0.338. The van der Waals surface area contributed by atoms with Crippen molar-refractivity contribution in [1.82, 2.24) is 5.32 Å². The average Bonchev–Trinajstić information content (AvgIpc) is 2.89. The maximum absolute atomic E-state index is 13.0. The first-order chi connectivity index (χ1) is 9.72. The highest BCUT2D eigenvalue weighted by atomic mass is 19.1. The van der Waals surface area contributed by atoms with Gasteiger partial charge in [0.15, 0.2) is 0 Å². The van der Waals surface area contributed by atoms with E-state index in [2.05, 4.69) is 10.6 Å². The van der Waals surface area contributed by atoms with Gasteiger partial charge in [-0.15, -0.1) is 0 Å². The number of halogens is 1. The largest absolute Gasteiger partial charge is 0.373 e. The van der Waals surface area contributed by atoms with Crippen molar-refractivity contribution in [2.45, 2.75) is 19.0 Å². The smallest absolute Gasteiger partial charge is 0.243 e. The van der Waals surface area contributed by atoms with Crippen LogP contribution >= 0.6 is 0 Å². The molecule has 1 aliphatic heterocycles. The van der Waals surface area contributed by atoms with Gasteiger partial charge in [0.1, 0.15) is 11.9 Å². The van der Waals surface area contributed by atoms with Gasteiger partial charge in [0.2, 0.25) is 5.91 Å². The molecule has 0 unspecified atom stereocenters. The summed E-state index contributed by atoms with van der Waals surface area (Å²) in [5, 5.41) is 6.03. The normalized spacial score (nSPS) is 16.4. The van der Waals surface area contributed by atoms with Gasteiger partial charge < -0.3 is 10.6 Å². The summed E-state index contributed by atoms with van der Waals surface area (Å²) in [5.41, 5.74) is 2.92. The van der Waals surface area contributed by atoms with E-state index in [4.69, 9.17) is 0 Å². The Labute approximate surface area is 116 Å². The number of hydrogen-bond donors (Lipinski definition) is 2. The lowest BCUT2D eigenvalue weighted by molar-refractivity contribution is -0.121. The van der Waals surface area contributed by atoms with E-state index < -0.39 is 0 Å². The van der Waals surface area contributed by atoms with Crippen LogP contribution in [0.3, 0.4) is 0 Å². The number of para-hydroxylation sites is 1. The Balaban J connectivity index is 1.59. The minimum Gasteiger partial charge on any atom is -0.373 e. The van der Waals surface area contributed by atoms with Crippen molar-refractivity contribution in [3.63, 3.8) is 0 Å². The molecule has 1 amide bonds. The predicted octanol–water partition coefficient (Wildman–Crippen LogP) is 2.48. The summed E-state index contributed by atoms with van der Waals surface area (Å²) in [7, 11) is 0. The molecule has 0 saturated carbocycles. The molecule has 2 aromatic carbocycles. The molecule has 1 aliphatic rings. The topological polar surface area (TPSA) is 41.1 Å². The number of benzene rings is 2. The first-order valence-electron chi connectivity index (χ1n) is 6.59. The Morgan fingerprint density at radius 2 is 2.10 bits per heavy atom. The quantitative estimate of drug-likeness (QED) is 0.899. The highest BCUT2D eigenvalue weighted by Gasteiger charge is 2.25. The first-order valence-corrected chi connectivity index (χ1v) is 6.59. The summed E-state index contributed by atoms with van der Waals surface area (Å²) in [6.07, 6.45) is 0.686. The standard InChI is InChI=1S/C16H15FN2O/c17-13-6-3-4-11(8-13)10-18-16(20)15-9-12-5-1-2-7-14(12)19-15/h1-8,15,19H,9-10H2,(H,18,20)/t15-/m0/s1. The number of rotatable bonds is 3. The van der Waals surface area contributed by atoms with Crippen molar-refractivity contribution < 1.29 is 9.18 Å². The average molecular weight is 270 g/mol. The lowest BCUT2D eigenvalue weighted by Crippen LogP contribution is -2.38. The number of hydrogen-bond acceptors (Lipinski definition) is 2. The summed E-state index contributed by atoms with van der Waals surface area (Å²) in [6, 6.07) is 13.9. The third kappa shape index (κ3) is 2.64. The van der Waals surface area contributed by atoms with Gasteiger partial charge in [-0.2, -0.15) is 0 Å². The lowest BCUT2D eigenvalue weighted by Gasteiger charge is -2.12. The SMILES string of the molecule is O=C(NCc1cccc(F)c1)[C@@H]1Cc2ccccc2N1. The van der Waals surface area contributed by atoms with Gasteiger partial charge in [0.05, 0.1) is 0 Å². The summed E-state index contributed by atoms with van der Waals surface area (Å²) in [4.78, 5) is 12.1. The molecule has 2 aromatic rings. The number of carbonyl (C=O) groups is 1. The van der Waals surface area contributed by atoms with Crippen molar-refractivity contribution in [2.75, 3.05) is 5.32 Å². The zero-order valence-corrected chi connectivity index (χ0v) is 10.9. The molecule has 2 N–H and O–H groups in total. The fraction of sp³-hybridized carbons (Fsp3) is 0.188. The van der Waals surface area contributed by atoms with Gasteiger partial charge in [0.25, 0.3) is 0 Å². The zero-order valence-electron chi connectivity index (χ0n) is 10.9. The number of anilines is 1. The van der Waals surface area contributed by atoms with Crippen molar-refractivity contribution in [1.29, 1.82) is 0 Å². The summed E-state index contributed by atoms with van der Waals surface area (Å²) in [5.74, 6) is -0.353. The van der Waals surface area contributed by atoms with Crippen molar-refractivity contribution in [3.05, 3.63) is 65.5 Å². The fourth-order valence-electron chi connectivity index (χ4n) is 2.42. The van der Waals surface area contributed by atoms with E-state index in [1.54, 1.807) is 12.1 Å². The van der Waals surface area contributed by atoms with Gasteiger partial charge in [-0.25, -0.2) is 4.39 Å². The molecule has 20 heavy (non-hydrogen) atoms. The highest BCUT2D eigenvalue weighted by Crippen LogP contribution is 2.25. The van der Waals surface area contributed by atoms with Crippen LogP contribution in [0.1, 0.15) is 11.1 Å². The van der Waals surface area contributed by atoms with Crippen LogP contribution < -0.4 is 10.6 Å². The Morgan fingerprint density at radius 1 is 1.25 bits per heavy atom. The molecular weight excluding hydrogens is 255 g/mol. The molecule has 0 spiro atoms. The molecule has 0 fully saturated rings. The van der Waals surface area contributed by atoms with Gasteiger partial charge in [0, 0.05) is 18.7 Å². The van der Waals surface area contributed by atoms with Crippen LogP contribution in [0.4, 0.5) is 10.1 Å². The van der Waals surface area contributed by atoms with Crippen LogP contribution in [-0.2, 0) is 17.8 Å². The number of nitrogens with one attached hydrogen (secondary N) is 2. The van der Waals surface area contributed by atoms with Crippen LogP contribution in [-0.4, -0.2) is 11.9 Å². The fourth-order valence-corrected chi connectivity index (χ4v) is 2.42. The zero-order chi connectivity index (χ0) is 13.9. The summed E-state index contributed by atoms with van der Waals surface area (Å²) < 4.78 is 13.0. The van der Waals surface area contributed by atoms with Crippen LogP contribution in [0, 0.1) is 5.82 Å². The molecule has 1 heterocycles. The molecular formula is C16H15FN2O. The van der Waals surface area contributed by atoms with Crippen LogP contribution in [0.15, 0.2) is 48.5 Å². The van der Waals surface area contributed by atoms with Crippen molar-refractivity contribution in [2.24, 2.45) is 0 Å². The summed E-state index contributed by atoms with van der Waals surface area (Å²) >= 11 is 0. The molecule has 0 aromatic heterocycles. The van der Waals surface area contributed by atoms with Crippen molar-refractivity contribution in [3.8, 4) is 0 Å². The van der Waals surface area contributed by atoms with Crippen LogP contribution in [0.25, 0.3) is 0 Å². The minimum atomic E-state index is -0.289. The molecule has 0 bridgehead atoms. The van der Waals surface area contributed by atoms with E-state index in [-0.39, 0.29) is 17.8 Å². The molecule has 4 heteroatoms. The number of amides is 1. The third-order valence-electron chi connectivity index (χ3n) is 3.44. The molecule has 0 saturated heterocycles. The monoisotopic (exact) mass is 270 g/mol. The first kappa shape index (κ1) is 12.7. The second-order valence-electron chi connectivity index (χ2n) is 4.91. The second kappa shape index (κ2) is 5.33. The Hall–Kier alpha value is -2.36. The van der Waals surface area contributed by atoms with Crippen LogP contribution in [0.5, 0.6) is 0 Å². The second-order valence-corrected chi connectivity index (χ2v) is 4.91. The van der Waals surface area contributed by atoms with Gasteiger partial charge in [-0.1, -0.05) is 30.3 Å². The molecule has 0 radical (unpaired) electrons. The predicted molar refractivity (Wildman–Crippen MR) is 75.8 cm³/mol. The van der Waals surface area contributed by atoms with E-state index in [0.717, 1.165) is 16.8 Å². The number of fused-ring (bicyclic) bond motifs is 1. The molecule has 102 valence electrons. The Bertz CT molecular complexity index is 617.